The number of hydrogen-bond acceptors (Lipinski definition) is 2. The molecule has 2 nitrogen and oxygen atoms in total. The van der Waals surface area contributed by atoms with Crippen LogP contribution in [0.15, 0.2) is 24.3 Å². The Balaban J connectivity index is 2.37. The van der Waals surface area contributed by atoms with E-state index < -0.39 is 0 Å². The zero-order valence-electron chi connectivity index (χ0n) is 9.41. The molecule has 1 unspecified atom stereocenters. The van der Waals surface area contributed by atoms with Crippen molar-refractivity contribution in [2.75, 3.05) is 20.6 Å². The molecule has 1 rings (SSSR count). The quantitative estimate of drug-likeness (QED) is 0.834. The Hall–Kier alpha value is -0.570. The molecule has 0 heterocycles. The van der Waals surface area contributed by atoms with Gasteiger partial charge < -0.3 is 10.6 Å². The van der Waals surface area contributed by atoms with Crippen molar-refractivity contribution in [3.8, 4) is 0 Å². The Morgan fingerprint density at radius 2 is 1.87 bits per heavy atom. The molecular weight excluding hydrogens is 208 g/mol. The molecule has 1 aromatic carbocycles. The summed E-state index contributed by atoms with van der Waals surface area (Å²) in [6.07, 6.45) is 1.95. The van der Waals surface area contributed by atoms with Crippen LogP contribution in [0.5, 0.6) is 0 Å². The Morgan fingerprint density at radius 1 is 1.27 bits per heavy atom. The summed E-state index contributed by atoms with van der Waals surface area (Å²) in [5, 5.41) is 0.778. The molecule has 0 amide bonds. The second-order valence-corrected chi connectivity index (χ2v) is 4.62. The second kappa shape index (κ2) is 6.11. The van der Waals surface area contributed by atoms with Crippen LogP contribution in [-0.4, -0.2) is 31.6 Å². The number of benzene rings is 1. The van der Waals surface area contributed by atoms with Crippen LogP contribution in [0.3, 0.4) is 0 Å². The van der Waals surface area contributed by atoms with Gasteiger partial charge >= 0.3 is 0 Å². The van der Waals surface area contributed by atoms with E-state index in [2.05, 4.69) is 19.0 Å². The lowest BCUT2D eigenvalue weighted by molar-refractivity contribution is 0.379. The van der Waals surface area contributed by atoms with E-state index in [9.17, 15) is 0 Å². The summed E-state index contributed by atoms with van der Waals surface area (Å²) in [7, 11) is 4.13. The molecule has 0 aromatic heterocycles. The average Bonchev–Trinajstić information content (AvgIpc) is 2.19. The highest BCUT2D eigenvalue weighted by Gasteiger charge is 2.04. The smallest absolute Gasteiger partial charge is 0.0406 e. The van der Waals surface area contributed by atoms with Gasteiger partial charge in [-0.05, 0) is 51.2 Å². The molecule has 0 bridgehead atoms. The van der Waals surface area contributed by atoms with Crippen LogP contribution in [0, 0.1) is 0 Å². The molecule has 15 heavy (non-hydrogen) atoms. The van der Waals surface area contributed by atoms with Crippen molar-refractivity contribution in [2.45, 2.75) is 18.9 Å². The standard InChI is InChI=1S/C12H19ClN2/c1-15(2)8-7-12(14)9-10-3-5-11(13)6-4-10/h3-6,12H,7-9,14H2,1-2H3. The first-order chi connectivity index (χ1) is 7.08. The van der Waals surface area contributed by atoms with E-state index in [1.807, 2.05) is 24.3 Å². The highest BCUT2D eigenvalue weighted by Crippen LogP contribution is 2.11. The van der Waals surface area contributed by atoms with E-state index in [4.69, 9.17) is 17.3 Å². The topological polar surface area (TPSA) is 29.3 Å². The van der Waals surface area contributed by atoms with Gasteiger partial charge in [0.25, 0.3) is 0 Å². The lowest BCUT2D eigenvalue weighted by atomic mass is 10.0. The summed E-state index contributed by atoms with van der Waals surface area (Å²) in [6.45, 7) is 1.04. The van der Waals surface area contributed by atoms with Crippen molar-refractivity contribution in [1.82, 2.24) is 4.90 Å². The molecule has 3 heteroatoms. The van der Waals surface area contributed by atoms with Crippen LogP contribution in [0.4, 0.5) is 0 Å². The van der Waals surface area contributed by atoms with Crippen LogP contribution in [0.2, 0.25) is 5.02 Å². The Labute approximate surface area is 97.0 Å². The third kappa shape index (κ3) is 5.17. The predicted molar refractivity (Wildman–Crippen MR) is 66.3 cm³/mol. The van der Waals surface area contributed by atoms with E-state index in [1.54, 1.807) is 0 Å². The van der Waals surface area contributed by atoms with Gasteiger partial charge in [0.1, 0.15) is 0 Å². The lowest BCUT2D eigenvalue weighted by Gasteiger charge is -2.15. The Bertz CT molecular complexity index is 282. The molecule has 0 aliphatic rings. The average molecular weight is 227 g/mol. The predicted octanol–water partition coefficient (Wildman–Crippen LogP) is 2.16. The van der Waals surface area contributed by atoms with Crippen LogP contribution in [-0.2, 0) is 6.42 Å². The molecule has 1 aromatic rings. The summed E-state index contributed by atoms with van der Waals surface area (Å²) in [4.78, 5) is 2.15. The summed E-state index contributed by atoms with van der Waals surface area (Å²) in [5.74, 6) is 0. The van der Waals surface area contributed by atoms with Crippen molar-refractivity contribution < 1.29 is 0 Å². The van der Waals surface area contributed by atoms with E-state index in [1.165, 1.54) is 5.56 Å². The fraction of sp³-hybridized carbons (Fsp3) is 0.500. The van der Waals surface area contributed by atoms with Gasteiger partial charge in [-0.2, -0.15) is 0 Å². The summed E-state index contributed by atoms with van der Waals surface area (Å²) >= 11 is 5.81. The summed E-state index contributed by atoms with van der Waals surface area (Å²) < 4.78 is 0. The zero-order chi connectivity index (χ0) is 11.3. The normalized spacial score (nSPS) is 13.1. The maximum Gasteiger partial charge on any atom is 0.0406 e. The first-order valence-corrected chi connectivity index (χ1v) is 5.60. The van der Waals surface area contributed by atoms with Gasteiger partial charge in [0, 0.05) is 11.1 Å². The molecule has 0 fully saturated rings. The van der Waals surface area contributed by atoms with Gasteiger partial charge in [0.05, 0.1) is 0 Å². The third-order valence-corrected chi connectivity index (χ3v) is 2.61. The number of nitrogens with zero attached hydrogens (tertiary/aromatic N) is 1. The summed E-state index contributed by atoms with van der Waals surface area (Å²) in [6, 6.07) is 8.13. The van der Waals surface area contributed by atoms with Gasteiger partial charge in [0.2, 0.25) is 0 Å². The minimum Gasteiger partial charge on any atom is -0.327 e. The van der Waals surface area contributed by atoms with Gasteiger partial charge in [-0.25, -0.2) is 0 Å². The molecule has 1 atom stereocenters. The first-order valence-electron chi connectivity index (χ1n) is 5.22. The second-order valence-electron chi connectivity index (χ2n) is 4.18. The van der Waals surface area contributed by atoms with Crippen LogP contribution >= 0.6 is 11.6 Å². The number of rotatable bonds is 5. The van der Waals surface area contributed by atoms with Gasteiger partial charge in [-0.1, -0.05) is 23.7 Å². The van der Waals surface area contributed by atoms with E-state index in [0.717, 1.165) is 24.4 Å². The molecular formula is C12H19ClN2. The fourth-order valence-corrected chi connectivity index (χ4v) is 1.58. The Morgan fingerprint density at radius 3 is 2.40 bits per heavy atom. The van der Waals surface area contributed by atoms with Crippen molar-refractivity contribution in [2.24, 2.45) is 5.73 Å². The van der Waals surface area contributed by atoms with E-state index in [-0.39, 0.29) is 6.04 Å². The van der Waals surface area contributed by atoms with Crippen molar-refractivity contribution in [1.29, 1.82) is 0 Å². The van der Waals surface area contributed by atoms with Crippen LogP contribution in [0.1, 0.15) is 12.0 Å². The minimum atomic E-state index is 0.230. The monoisotopic (exact) mass is 226 g/mol. The third-order valence-electron chi connectivity index (χ3n) is 2.36. The largest absolute Gasteiger partial charge is 0.327 e. The highest BCUT2D eigenvalue weighted by atomic mass is 35.5. The molecule has 2 N–H and O–H groups in total. The molecule has 0 aliphatic carbocycles. The Kier molecular flexibility index (Phi) is 5.09. The van der Waals surface area contributed by atoms with E-state index in [0.29, 0.717) is 0 Å². The van der Waals surface area contributed by atoms with Crippen LogP contribution < -0.4 is 5.73 Å². The van der Waals surface area contributed by atoms with Gasteiger partial charge in [-0.15, -0.1) is 0 Å². The molecule has 0 saturated carbocycles. The molecule has 0 spiro atoms. The van der Waals surface area contributed by atoms with Crippen molar-refractivity contribution in [3.63, 3.8) is 0 Å². The molecule has 0 radical (unpaired) electrons. The maximum atomic E-state index is 6.03. The summed E-state index contributed by atoms with van der Waals surface area (Å²) in [5.41, 5.74) is 7.29. The number of hydrogen-bond donors (Lipinski definition) is 1. The van der Waals surface area contributed by atoms with Crippen molar-refractivity contribution in [3.05, 3.63) is 34.9 Å². The molecule has 0 saturated heterocycles. The van der Waals surface area contributed by atoms with Crippen LogP contribution in [0.25, 0.3) is 0 Å². The highest BCUT2D eigenvalue weighted by molar-refractivity contribution is 6.30. The van der Waals surface area contributed by atoms with E-state index >= 15 is 0 Å². The SMILES string of the molecule is CN(C)CCC(N)Cc1ccc(Cl)cc1. The first kappa shape index (κ1) is 12.5. The van der Waals surface area contributed by atoms with Gasteiger partial charge in [-0.3, -0.25) is 0 Å². The zero-order valence-corrected chi connectivity index (χ0v) is 10.2. The minimum absolute atomic E-state index is 0.230. The fourth-order valence-electron chi connectivity index (χ4n) is 1.45. The van der Waals surface area contributed by atoms with Gasteiger partial charge in [0.15, 0.2) is 0 Å². The molecule has 0 aliphatic heterocycles. The maximum absolute atomic E-state index is 6.03. The molecule has 84 valence electrons. The number of halogens is 1. The van der Waals surface area contributed by atoms with Crippen molar-refractivity contribution >= 4 is 11.6 Å². The lowest BCUT2D eigenvalue weighted by Crippen LogP contribution is -2.28. The number of nitrogens with two attached hydrogens (primary N) is 1.